The van der Waals surface area contributed by atoms with Crippen molar-refractivity contribution in [1.29, 1.82) is 10.5 Å². The molecule has 0 radical (unpaired) electrons. The summed E-state index contributed by atoms with van der Waals surface area (Å²) in [5.41, 5.74) is 2.14. The fraction of sp³-hybridized carbons (Fsp3) is 0.263. The third kappa shape index (κ3) is 7.02. The number of nitriles is 2. The van der Waals surface area contributed by atoms with Gasteiger partial charge in [0.05, 0.1) is 0 Å². The maximum atomic E-state index is 8.74. The van der Waals surface area contributed by atoms with E-state index in [1.165, 1.54) is 0 Å². The predicted octanol–water partition coefficient (Wildman–Crippen LogP) is 4.59. The highest BCUT2D eigenvalue weighted by Gasteiger charge is 2.13. The standard InChI is InChI=1S/C19H20N2O2/c1-3-17(9-7-8-16(2)22-14-20)12-13-18-10-5-4-6-11-19(18)23-15-21/h3-6,8-11,19H,1,7,12-13H2,2H3/b16-8+,17-9+. The molecule has 0 spiro atoms. The highest BCUT2D eigenvalue weighted by atomic mass is 16.5. The van der Waals surface area contributed by atoms with Gasteiger partial charge in [-0.3, -0.25) is 0 Å². The lowest BCUT2D eigenvalue weighted by atomic mass is 9.99. The molecule has 0 heterocycles. The molecule has 1 unspecified atom stereocenters. The Hall–Kier alpha value is -2.98. The van der Waals surface area contributed by atoms with E-state index in [1.807, 2.05) is 48.6 Å². The Morgan fingerprint density at radius 3 is 2.78 bits per heavy atom. The predicted molar refractivity (Wildman–Crippen MR) is 89.4 cm³/mol. The van der Waals surface area contributed by atoms with Gasteiger partial charge in [0.15, 0.2) is 6.10 Å². The number of ether oxygens (including phenoxy) is 2. The Kier molecular flexibility index (Phi) is 8.41. The van der Waals surface area contributed by atoms with Crippen LogP contribution in [0.5, 0.6) is 0 Å². The Bertz CT molecular complexity index is 637. The molecule has 0 aromatic carbocycles. The monoisotopic (exact) mass is 308 g/mol. The van der Waals surface area contributed by atoms with Gasteiger partial charge in [0.25, 0.3) is 12.5 Å². The smallest absolute Gasteiger partial charge is 0.291 e. The van der Waals surface area contributed by atoms with Crippen LogP contribution < -0.4 is 0 Å². The minimum atomic E-state index is -0.313. The fourth-order valence-corrected chi connectivity index (χ4v) is 2.09. The van der Waals surface area contributed by atoms with Crippen molar-refractivity contribution < 1.29 is 9.47 Å². The van der Waals surface area contributed by atoms with Crippen LogP contribution in [0.4, 0.5) is 0 Å². The molecule has 0 N–H and O–H groups in total. The molecule has 4 heteroatoms. The number of hydrogen-bond donors (Lipinski definition) is 0. The molecule has 0 fully saturated rings. The molecule has 0 aromatic heterocycles. The summed E-state index contributed by atoms with van der Waals surface area (Å²) >= 11 is 0. The first-order valence-electron chi connectivity index (χ1n) is 7.34. The quantitative estimate of drug-likeness (QED) is 0.374. The van der Waals surface area contributed by atoms with Crippen LogP contribution in [-0.2, 0) is 9.47 Å². The average Bonchev–Trinajstić information content (AvgIpc) is 2.76. The Morgan fingerprint density at radius 2 is 2.09 bits per heavy atom. The second-order valence-electron chi connectivity index (χ2n) is 4.87. The van der Waals surface area contributed by atoms with Gasteiger partial charge in [-0.25, -0.2) is 0 Å². The number of nitrogens with zero attached hydrogens (tertiary/aromatic N) is 2. The zero-order chi connectivity index (χ0) is 16.9. The van der Waals surface area contributed by atoms with Gasteiger partial charge in [0, 0.05) is 0 Å². The fourth-order valence-electron chi connectivity index (χ4n) is 2.09. The van der Waals surface area contributed by atoms with E-state index in [1.54, 1.807) is 19.4 Å². The van der Waals surface area contributed by atoms with E-state index < -0.39 is 0 Å². The Balaban J connectivity index is 2.64. The molecular formula is C19H20N2O2. The van der Waals surface area contributed by atoms with Crippen molar-refractivity contribution in [1.82, 2.24) is 0 Å². The lowest BCUT2D eigenvalue weighted by Gasteiger charge is -2.13. The van der Waals surface area contributed by atoms with Crippen LogP contribution in [0.3, 0.4) is 0 Å². The minimum absolute atomic E-state index is 0.313. The number of rotatable bonds is 8. The summed E-state index contributed by atoms with van der Waals surface area (Å²) in [7, 11) is 0. The van der Waals surface area contributed by atoms with Gasteiger partial charge in [0.2, 0.25) is 0 Å². The van der Waals surface area contributed by atoms with Crippen LogP contribution in [-0.4, -0.2) is 6.10 Å². The summed E-state index contributed by atoms with van der Waals surface area (Å²) < 4.78 is 9.80. The molecule has 0 aliphatic heterocycles. The third-order valence-electron chi connectivity index (χ3n) is 3.32. The maximum absolute atomic E-state index is 8.74. The van der Waals surface area contributed by atoms with Crippen molar-refractivity contribution in [2.24, 2.45) is 0 Å². The van der Waals surface area contributed by atoms with Crippen molar-refractivity contribution in [3.05, 3.63) is 72.1 Å². The van der Waals surface area contributed by atoms with E-state index in [9.17, 15) is 0 Å². The van der Waals surface area contributed by atoms with Crippen molar-refractivity contribution >= 4 is 0 Å². The first kappa shape index (κ1) is 18.1. The molecule has 118 valence electrons. The molecule has 0 bridgehead atoms. The highest BCUT2D eigenvalue weighted by molar-refractivity contribution is 5.30. The molecular weight excluding hydrogens is 288 g/mol. The van der Waals surface area contributed by atoms with Gasteiger partial charge in [-0.1, -0.05) is 48.6 Å². The summed E-state index contributed by atoms with van der Waals surface area (Å²) in [4.78, 5) is 0. The summed E-state index contributed by atoms with van der Waals surface area (Å²) in [6.45, 7) is 5.57. The Labute approximate surface area is 137 Å². The van der Waals surface area contributed by atoms with Crippen molar-refractivity contribution in [2.45, 2.75) is 32.3 Å². The normalized spacial score (nSPS) is 17.5. The van der Waals surface area contributed by atoms with Gasteiger partial charge >= 0.3 is 0 Å². The summed E-state index contributed by atoms with van der Waals surface area (Å²) in [6, 6.07) is 0. The lowest BCUT2D eigenvalue weighted by molar-refractivity contribution is 0.234. The molecule has 0 aromatic rings. The first-order chi connectivity index (χ1) is 11.2. The minimum Gasteiger partial charge on any atom is -0.415 e. The largest absolute Gasteiger partial charge is 0.415 e. The summed E-state index contributed by atoms with van der Waals surface area (Å²) in [6.07, 6.45) is 20.6. The maximum Gasteiger partial charge on any atom is 0.291 e. The average molecular weight is 308 g/mol. The van der Waals surface area contributed by atoms with E-state index in [0.717, 1.165) is 24.0 Å². The van der Waals surface area contributed by atoms with E-state index in [2.05, 4.69) is 6.58 Å². The summed E-state index contributed by atoms with van der Waals surface area (Å²) in [5.74, 6) is 0.580. The van der Waals surface area contributed by atoms with Gasteiger partial charge < -0.3 is 9.47 Å². The third-order valence-corrected chi connectivity index (χ3v) is 3.32. The van der Waals surface area contributed by atoms with Crippen LogP contribution in [0.1, 0.15) is 26.2 Å². The molecule has 1 rings (SSSR count). The van der Waals surface area contributed by atoms with Gasteiger partial charge in [-0.2, -0.15) is 5.26 Å². The van der Waals surface area contributed by atoms with E-state index in [4.69, 9.17) is 20.0 Å². The second kappa shape index (κ2) is 10.7. The van der Waals surface area contributed by atoms with Crippen LogP contribution in [0.15, 0.2) is 72.1 Å². The van der Waals surface area contributed by atoms with Gasteiger partial charge in [-0.15, -0.1) is 5.26 Å². The van der Waals surface area contributed by atoms with E-state index >= 15 is 0 Å². The zero-order valence-electron chi connectivity index (χ0n) is 13.2. The van der Waals surface area contributed by atoms with Gasteiger partial charge in [0.1, 0.15) is 5.76 Å². The van der Waals surface area contributed by atoms with E-state index in [0.29, 0.717) is 12.2 Å². The molecule has 1 atom stereocenters. The molecule has 0 saturated heterocycles. The van der Waals surface area contributed by atoms with Crippen molar-refractivity contribution in [2.75, 3.05) is 0 Å². The van der Waals surface area contributed by atoms with Crippen molar-refractivity contribution in [3.8, 4) is 12.5 Å². The highest BCUT2D eigenvalue weighted by Crippen LogP contribution is 2.21. The van der Waals surface area contributed by atoms with E-state index in [-0.39, 0.29) is 6.10 Å². The molecule has 23 heavy (non-hydrogen) atoms. The van der Waals surface area contributed by atoms with Crippen LogP contribution in [0.25, 0.3) is 0 Å². The molecule has 4 nitrogen and oxygen atoms in total. The zero-order valence-corrected chi connectivity index (χ0v) is 13.2. The topological polar surface area (TPSA) is 66.0 Å². The molecule has 0 amide bonds. The lowest BCUT2D eigenvalue weighted by Crippen LogP contribution is -2.10. The SMILES string of the molecule is C=C/C(=C\C/C=C(\C)OC#N)CCC1=CC=CC=CC1OC#N. The van der Waals surface area contributed by atoms with Crippen LogP contribution in [0.2, 0.25) is 0 Å². The number of allylic oxidation sites excluding steroid dienone is 9. The number of hydrogen-bond acceptors (Lipinski definition) is 4. The summed E-state index contributed by atoms with van der Waals surface area (Å²) in [5, 5.41) is 17.2. The van der Waals surface area contributed by atoms with Crippen LogP contribution in [0, 0.1) is 23.0 Å². The van der Waals surface area contributed by atoms with Gasteiger partial charge in [-0.05, 0) is 43.9 Å². The first-order valence-corrected chi connectivity index (χ1v) is 7.34. The molecule has 1 aliphatic rings. The Morgan fingerprint density at radius 1 is 1.26 bits per heavy atom. The molecule has 1 aliphatic carbocycles. The van der Waals surface area contributed by atoms with Crippen molar-refractivity contribution in [3.63, 3.8) is 0 Å². The molecule has 0 saturated carbocycles. The van der Waals surface area contributed by atoms with Crippen LogP contribution >= 0.6 is 0 Å². The second-order valence-corrected chi connectivity index (χ2v) is 4.87.